The van der Waals surface area contributed by atoms with Crippen LogP contribution in [-0.2, 0) is 35.4 Å². The standard InChI is InChI=1S/C30H32FNO4/c1-20(2)24-9-4-21(5-10-24)16-30(3)17-25-14-23(8-13-27(25)36-30)15-28(33)32(19-29(34)35)18-22-6-11-26(31)12-7-22/h4-14,20H,15-19H2,1-3H3,(H,34,35)/t30-/m1/s1. The highest BCUT2D eigenvalue weighted by Crippen LogP contribution is 2.37. The summed E-state index contributed by atoms with van der Waals surface area (Å²) < 4.78 is 19.5. The lowest BCUT2D eigenvalue weighted by Crippen LogP contribution is -2.36. The van der Waals surface area contributed by atoms with Gasteiger partial charge < -0.3 is 14.7 Å². The molecule has 188 valence electrons. The molecular weight excluding hydrogens is 457 g/mol. The molecule has 4 rings (SSSR count). The van der Waals surface area contributed by atoms with E-state index in [2.05, 4.69) is 45.0 Å². The Bertz CT molecular complexity index is 1240. The van der Waals surface area contributed by atoms with E-state index < -0.39 is 12.5 Å². The fourth-order valence-corrected chi connectivity index (χ4v) is 4.73. The average Bonchev–Trinajstić information content (AvgIpc) is 3.15. The molecule has 0 radical (unpaired) electrons. The van der Waals surface area contributed by atoms with Crippen molar-refractivity contribution >= 4 is 11.9 Å². The quantitative estimate of drug-likeness (QED) is 0.429. The molecule has 3 aromatic rings. The summed E-state index contributed by atoms with van der Waals surface area (Å²) in [4.78, 5) is 25.7. The van der Waals surface area contributed by atoms with Crippen LogP contribution >= 0.6 is 0 Å². The largest absolute Gasteiger partial charge is 0.487 e. The zero-order valence-corrected chi connectivity index (χ0v) is 21.0. The average molecular weight is 490 g/mol. The molecule has 0 fully saturated rings. The molecule has 1 aliphatic heterocycles. The first kappa shape index (κ1) is 25.4. The molecule has 36 heavy (non-hydrogen) atoms. The lowest BCUT2D eigenvalue weighted by Gasteiger charge is -2.24. The van der Waals surface area contributed by atoms with E-state index >= 15 is 0 Å². The second-order valence-electron chi connectivity index (χ2n) is 10.2. The highest BCUT2D eigenvalue weighted by Gasteiger charge is 2.35. The van der Waals surface area contributed by atoms with Gasteiger partial charge in [-0.1, -0.05) is 62.4 Å². The van der Waals surface area contributed by atoms with Gasteiger partial charge in [0.25, 0.3) is 0 Å². The predicted octanol–water partition coefficient (Wildman–Crippen LogP) is 5.54. The van der Waals surface area contributed by atoms with Crippen LogP contribution in [0.3, 0.4) is 0 Å². The van der Waals surface area contributed by atoms with Crippen LogP contribution in [0.25, 0.3) is 0 Å². The Kier molecular flexibility index (Phi) is 7.43. The molecule has 3 aromatic carbocycles. The molecule has 0 aliphatic carbocycles. The summed E-state index contributed by atoms with van der Waals surface area (Å²) in [5, 5.41) is 9.30. The lowest BCUT2D eigenvalue weighted by molar-refractivity contribution is -0.144. The number of aliphatic carboxylic acids is 1. The van der Waals surface area contributed by atoms with E-state index in [1.165, 1.54) is 28.2 Å². The summed E-state index contributed by atoms with van der Waals surface area (Å²) in [5.41, 5.74) is 4.68. The number of carbonyl (C=O) groups excluding carboxylic acids is 1. The van der Waals surface area contributed by atoms with Gasteiger partial charge in [-0.3, -0.25) is 9.59 Å². The first-order valence-electron chi connectivity index (χ1n) is 12.2. The van der Waals surface area contributed by atoms with Gasteiger partial charge >= 0.3 is 5.97 Å². The number of carboxylic acids is 1. The number of carboxylic acid groups (broad SMARTS) is 1. The van der Waals surface area contributed by atoms with Crippen molar-refractivity contribution in [2.75, 3.05) is 6.54 Å². The SMILES string of the molecule is CC(C)c1ccc(C[C@]2(C)Cc3cc(CC(=O)N(CC(=O)O)Cc4ccc(F)cc4)ccc3O2)cc1. The van der Waals surface area contributed by atoms with Gasteiger partial charge in [-0.15, -0.1) is 0 Å². The number of ether oxygens (including phenoxy) is 1. The van der Waals surface area contributed by atoms with E-state index in [1.54, 1.807) is 12.1 Å². The van der Waals surface area contributed by atoms with Crippen molar-refractivity contribution in [1.82, 2.24) is 4.90 Å². The Balaban J connectivity index is 1.43. The summed E-state index contributed by atoms with van der Waals surface area (Å²) in [6.07, 6.45) is 1.58. The van der Waals surface area contributed by atoms with Crippen LogP contribution in [-0.4, -0.2) is 34.0 Å². The van der Waals surface area contributed by atoms with Gasteiger partial charge in [-0.05, 0) is 58.9 Å². The Hall–Kier alpha value is -3.67. The van der Waals surface area contributed by atoms with Gasteiger partial charge in [0.15, 0.2) is 0 Å². The fourth-order valence-electron chi connectivity index (χ4n) is 4.73. The minimum absolute atomic E-state index is 0.0785. The molecule has 6 heteroatoms. The summed E-state index contributed by atoms with van der Waals surface area (Å²) >= 11 is 0. The van der Waals surface area contributed by atoms with Crippen molar-refractivity contribution in [1.29, 1.82) is 0 Å². The van der Waals surface area contributed by atoms with E-state index in [4.69, 9.17) is 4.74 Å². The van der Waals surface area contributed by atoms with Crippen molar-refractivity contribution in [3.05, 3.63) is 100 Å². The van der Waals surface area contributed by atoms with Crippen LogP contribution in [0.2, 0.25) is 0 Å². The number of amides is 1. The Morgan fingerprint density at radius 2 is 1.64 bits per heavy atom. The monoisotopic (exact) mass is 489 g/mol. The second kappa shape index (κ2) is 10.5. The molecule has 1 aliphatic rings. The van der Waals surface area contributed by atoms with E-state index in [-0.39, 0.29) is 30.3 Å². The highest BCUT2D eigenvalue weighted by atomic mass is 19.1. The number of hydrogen-bond donors (Lipinski definition) is 1. The Morgan fingerprint density at radius 1 is 1.00 bits per heavy atom. The van der Waals surface area contributed by atoms with Crippen LogP contribution in [0.4, 0.5) is 4.39 Å². The summed E-state index contributed by atoms with van der Waals surface area (Å²) in [5.74, 6) is -0.459. The number of rotatable bonds is 9. The minimum Gasteiger partial charge on any atom is -0.487 e. The normalized spacial score (nSPS) is 16.5. The zero-order chi connectivity index (χ0) is 25.9. The van der Waals surface area contributed by atoms with Crippen molar-refractivity contribution in [3.63, 3.8) is 0 Å². The third-order valence-corrected chi connectivity index (χ3v) is 6.59. The molecule has 0 saturated heterocycles. The van der Waals surface area contributed by atoms with Crippen LogP contribution < -0.4 is 4.74 Å². The van der Waals surface area contributed by atoms with Crippen LogP contribution in [0.15, 0.2) is 66.7 Å². The number of fused-ring (bicyclic) bond motifs is 1. The molecule has 0 bridgehead atoms. The Labute approximate surface area is 211 Å². The molecule has 0 unspecified atom stereocenters. The van der Waals surface area contributed by atoms with Gasteiger partial charge in [0.05, 0.1) is 6.42 Å². The van der Waals surface area contributed by atoms with E-state index in [0.717, 1.165) is 29.7 Å². The van der Waals surface area contributed by atoms with E-state index in [9.17, 15) is 19.1 Å². The van der Waals surface area contributed by atoms with E-state index in [0.29, 0.717) is 11.5 Å². The zero-order valence-electron chi connectivity index (χ0n) is 21.0. The second-order valence-corrected chi connectivity index (χ2v) is 10.2. The fraction of sp³-hybridized carbons (Fsp3) is 0.333. The first-order valence-corrected chi connectivity index (χ1v) is 12.2. The van der Waals surface area contributed by atoms with Crippen molar-refractivity contribution in [3.8, 4) is 5.75 Å². The third kappa shape index (κ3) is 6.30. The third-order valence-electron chi connectivity index (χ3n) is 6.59. The van der Waals surface area contributed by atoms with Gasteiger partial charge in [-0.2, -0.15) is 0 Å². The molecule has 0 spiro atoms. The maximum atomic E-state index is 13.2. The van der Waals surface area contributed by atoms with Gasteiger partial charge in [0.1, 0.15) is 23.7 Å². The highest BCUT2D eigenvalue weighted by molar-refractivity contribution is 5.83. The molecule has 1 atom stereocenters. The lowest BCUT2D eigenvalue weighted by atomic mass is 9.90. The summed E-state index contributed by atoms with van der Waals surface area (Å²) in [6.45, 7) is 6.15. The minimum atomic E-state index is -1.09. The van der Waals surface area contributed by atoms with Gasteiger partial charge in [0, 0.05) is 19.4 Å². The number of nitrogens with zero attached hydrogens (tertiary/aromatic N) is 1. The molecule has 0 aromatic heterocycles. The van der Waals surface area contributed by atoms with Gasteiger partial charge in [-0.25, -0.2) is 4.39 Å². The molecule has 1 amide bonds. The Morgan fingerprint density at radius 3 is 2.28 bits per heavy atom. The maximum Gasteiger partial charge on any atom is 0.323 e. The van der Waals surface area contributed by atoms with Crippen LogP contribution in [0.5, 0.6) is 5.75 Å². The van der Waals surface area contributed by atoms with Crippen molar-refractivity contribution in [2.24, 2.45) is 0 Å². The molecular formula is C30H32FNO4. The molecule has 1 N–H and O–H groups in total. The van der Waals surface area contributed by atoms with E-state index in [1.807, 2.05) is 18.2 Å². The maximum absolute atomic E-state index is 13.2. The number of carbonyl (C=O) groups is 2. The number of hydrogen-bond acceptors (Lipinski definition) is 3. The smallest absolute Gasteiger partial charge is 0.323 e. The first-order chi connectivity index (χ1) is 17.1. The van der Waals surface area contributed by atoms with Crippen LogP contribution in [0, 0.1) is 5.82 Å². The summed E-state index contributed by atoms with van der Waals surface area (Å²) in [7, 11) is 0. The van der Waals surface area contributed by atoms with Crippen LogP contribution in [0.1, 0.15) is 54.5 Å². The van der Waals surface area contributed by atoms with Crippen molar-refractivity contribution in [2.45, 2.75) is 58.1 Å². The number of halogens is 1. The van der Waals surface area contributed by atoms with Gasteiger partial charge in [0.2, 0.25) is 5.91 Å². The molecule has 1 heterocycles. The van der Waals surface area contributed by atoms with Crippen molar-refractivity contribution < 1.29 is 23.8 Å². The topological polar surface area (TPSA) is 66.8 Å². The summed E-state index contributed by atoms with van der Waals surface area (Å²) in [6, 6.07) is 20.1. The molecule has 5 nitrogen and oxygen atoms in total. The number of benzene rings is 3. The predicted molar refractivity (Wildman–Crippen MR) is 137 cm³/mol. The molecule has 0 saturated carbocycles.